The van der Waals surface area contributed by atoms with E-state index < -0.39 is 11.9 Å². The Balaban J connectivity index is 0.00000200. The molecule has 1 aromatic rings. The molecule has 2 rings (SSSR count). The van der Waals surface area contributed by atoms with E-state index in [1.165, 1.54) is 6.42 Å². The first-order valence-electron chi connectivity index (χ1n) is 5.98. The predicted molar refractivity (Wildman–Crippen MR) is 83.5 cm³/mol. The van der Waals surface area contributed by atoms with Gasteiger partial charge in [-0.1, -0.05) is 0 Å². The van der Waals surface area contributed by atoms with Crippen molar-refractivity contribution in [2.75, 3.05) is 7.05 Å². The van der Waals surface area contributed by atoms with Crippen LogP contribution in [0.15, 0.2) is 10.4 Å². The van der Waals surface area contributed by atoms with Crippen molar-refractivity contribution in [2.45, 2.75) is 38.0 Å². The maximum Gasteiger partial charge on any atom is 0.434 e. The van der Waals surface area contributed by atoms with Gasteiger partial charge in [-0.3, -0.25) is 4.99 Å². The molecule has 0 saturated heterocycles. The molecule has 4 nitrogen and oxygen atoms in total. The second-order valence-corrected chi connectivity index (χ2v) is 5.26. The van der Waals surface area contributed by atoms with Gasteiger partial charge in [0.25, 0.3) is 0 Å². The lowest BCUT2D eigenvalue weighted by atomic mass is 9.93. The number of rotatable bonds is 3. The fourth-order valence-electron chi connectivity index (χ4n) is 1.62. The van der Waals surface area contributed by atoms with E-state index in [2.05, 4.69) is 20.6 Å². The zero-order chi connectivity index (χ0) is 13.9. The van der Waals surface area contributed by atoms with Crippen molar-refractivity contribution in [1.82, 2.24) is 15.6 Å². The molecule has 0 unspecified atom stereocenters. The van der Waals surface area contributed by atoms with Gasteiger partial charge in [0.1, 0.15) is 5.01 Å². The Morgan fingerprint density at radius 1 is 1.50 bits per heavy atom. The molecule has 1 aromatic heterocycles. The lowest BCUT2D eigenvalue weighted by molar-refractivity contribution is -0.140. The number of hydrogen-bond donors (Lipinski definition) is 2. The molecule has 0 radical (unpaired) electrons. The zero-order valence-electron chi connectivity index (χ0n) is 10.8. The number of halogens is 4. The summed E-state index contributed by atoms with van der Waals surface area (Å²) in [5, 5.41) is 7.59. The van der Waals surface area contributed by atoms with Crippen LogP contribution >= 0.6 is 35.3 Å². The molecule has 1 saturated carbocycles. The molecular weight excluding hydrogens is 404 g/mol. The zero-order valence-corrected chi connectivity index (χ0v) is 14.0. The lowest BCUT2D eigenvalue weighted by Crippen LogP contribution is -2.46. The Morgan fingerprint density at radius 2 is 2.20 bits per heavy atom. The third-order valence-corrected chi connectivity index (χ3v) is 3.77. The molecule has 0 spiro atoms. The van der Waals surface area contributed by atoms with Crippen molar-refractivity contribution in [3.63, 3.8) is 0 Å². The Hall–Kier alpha value is -0.580. The topological polar surface area (TPSA) is 49.3 Å². The van der Waals surface area contributed by atoms with Crippen molar-refractivity contribution < 1.29 is 13.2 Å². The van der Waals surface area contributed by atoms with Crippen molar-refractivity contribution in [3.8, 4) is 0 Å². The number of nitrogens with one attached hydrogen (secondary N) is 2. The summed E-state index contributed by atoms with van der Waals surface area (Å²) in [6, 6.07) is 0.424. The quantitative estimate of drug-likeness (QED) is 0.449. The van der Waals surface area contributed by atoms with E-state index in [1.54, 1.807) is 7.05 Å². The van der Waals surface area contributed by atoms with Crippen LogP contribution in [0, 0.1) is 0 Å². The van der Waals surface area contributed by atoms with E-state index in [9.17, 15) is 13.2 Å². The summed E-state index contributed by atoms with van der Waals surface area (Å²) in [6.07, 6.45) is -0.955. The van der Waals surface area contributed by atoms with Gasteiger partial charge in [-0.05, 0) is 19.3 Å². The Kier molecular flexibility index (Phi) is 6.49. The summed E-state index contributed by atoms with van der Waals surface area (Å²) in [4.78, 5) is 7.58. The van der Waals surface area contributed by atoms with Crippen LogP contribution in [0.2, 0.25) is 0 Å². The number of nitrogens with zero attached hydrogens (tertiary/aromatic N) is 2. The van der Waals surface area contributed by atoms with Gasteiger partial charge in [-0.25, -0.2) is 4.98 Å². The van der Waals surface area contributed by atoms with Gasteiger partial charge in [0.2, 0.25) is 0 Å². The standard InChI is InChI=1S/C11H15F3N4S.HI/c1-15-10(17-7-3-2-4-7)16-5-9-18-8(6-19-9)11(12,13)14;/h6-7H,2-5H2,1H3,(H2,15,16,17);1H. The molecule has 1 aliphatic carbocycles. The van der Waals surface area contributed by atoms with Crippen LogP contribution in [0.3, 0.4) is 0 Å². The minimum atomic E-state index is -4.37. The van der Waals surface area contributed by atoms with Crippen LogP contribution in [-0.4, -0.2) is 24.0 Å². The molecule has 1 heterocycles. The second-order valence-electron chi connectivity index (χ2n) is 4.32. The number of guanidine groups is 1. The normalized spacial score (nSPS) is 16.3. The van der Waals surface area contributed by atoms with Crippen molar-refractivity contribution >= 4 is 41.3 Å². The average molecular weight is 420 g/mol. The maximum atomic E-state index is 12.4. The first-order chi connectivity index (χ1) is 8.99. The van der Waals surface area contributed by atoms with Gasteiger partial charge in [0.15, 0.2) is 11.7 Å². The molecule has 0 atom stereocenters. The van der Waals surface area contributed by atoms with Gasteiger partial charge in [0, 0.05) is 18.5 Å². The average Bonchev–Trinajstić information content (AvgIpc) is 2.75. The fraction of sp³-hybridized carbons (Fsp3) is 0.636. The van der Waals surface area contributed by atoms with Crippen LogP contribution in [-0.2, 0) is 12.7 Å². The third-order valence-electron chi connectivity index (χ3n) is 2.92. The smallest absolute Gasteiger partial charge is 0.354 e. The largest absolute Gasteiger partial charge is 0.434 e. The van der Waals surface area contributed by atoms with Crippen molar-refractivity contribution in [2.24, 2.45) is 4.99 Å². The maximum absolute atomic E-state index is 12.4. The Labute approximate surface area is 136 Å². The summed E-state index contributed by atoms with van der Waals surface area (Å²) in [7, 11) is 1.64. The summed E-state index contributed by atoms with van der Waals surface area (Å²) in [6.45, 7) is 0.243. The van der Waals surface area contributed by atoms with Gasteiger partial charge < -0.3 is 10.6 Å². The molecule has 1 fully saturated rings. The summed E-state index contributed by atoms with van der Waals surface area (Å²) >= 11 is 0.991. The highest BCUT2D eigenvalue weighted by Crippen LogP contribution is 2.29. The minimum Gasteiger partial charge on any atom is -0.354 e. The van der Waals surface area contributed by atoms with Crippen LogP contribution in [0.1, 0.15) is 30.0 Å². The number of hydrogen-bond acceptors (Lipinski definition) is 3. The lowest BCUT2D eigenvalue weighted by Gasteiger charge is -2.28. The first-order valence-corrected chi connectivity index (χ1v) is 6.86. The van der Waals surface area contributed by atoms with Gasteiger partial charge >= 0.3 is 6.18 Å². The number of aliphatic imine (C=N–C) groups is 1. The van der Waals surface area contributed by atoms with Gasteiger partial charge in [0.05, 0.1) is 6.54 Å². The molecule has 9 heteroatoms. The van der Waals surface area contributed by atoms with Crippen LogP contribution in [0.5, 0.6) is 0 Å². The fourth-order valence-corrected chi connectivity index (χ4v) is 2.36. The van der Waals surface area contributed by atoms with Crippen LogP contribution < -0.4 is 10.6 Å². The molecule has 0 aliphatic heterocycles. The third kappa shape index (κ3) is 4.76. The summed E-state index contributed by atoms with van der Waals surface area (Å²) < 4.78 is 37.1. The Bertz CT molecular complexity index is 457. The number of thiazole rings is 1. The van der Waals surface area contributed by atoms with E-state index in [-0.39, 0.29) is 30.5 Å². The molecule has 2 N–H and O–H groups in total. The Morgan fingerprint density at radius 3 is 2.65 bits per heavy atom. The first kappa shape index (κ1) is 17.5. The van der Waals surface area contributed by atoms with E-state index in [1.807, 2.05) is 0 Å². The highest BCUT2D eigenvalue weighted by atomic mass is 127. The molecule has 114 valence electrons. The van der Waals surface area contributed by atoms with Crippen molar-refractivity contribution in [3.05, 3.63) is 16.1 Å². The highest BCUT2D eigenvalue weighted by Gasteiger charge is 2.33. The predicted octanol–water partition coefficient (Wildman–Crippen LogP) is 3.00. The van der Waals surface area contributed by atoms with E-state index in [4.69, 9.17) is 0 Å². The molecule has 1 aliphatic rings. The molecule has 0 aromatic carbocycles. The van der Waals surface area contributed by atoms with Crippen LogP contribution in [0.25, 0.3) is 0 Å². The number of aromatic nitrogens is 1. The van der Waals surface area contributed by atoms with Crippen LogP contribution in [0.4, 0.5) is 13.2 Å². The molecular formula is C11H16F3IN4S. The van der Waals surface area contributed by atoms with E-state index >= 15 is 0 Å². The highest BCUT2D eigenvalue weighted by molar-refractivity contribution is 14.0. The van der Waals surface area contributed by atoms with E-state index in [0.717, 1.165) is 29.6 Å². The minimum absolute atomic E-state index is 0. The monoisotopic (exact) mass is 420 g/mol. The second kappa shape index (κ2) is 7.43. The summed E-state index contributed by atoms with van der Waals surface area (Å²) in [5.74, 6) is 0.605. The van der Waals surface area contributed by atoms with Gasteiger partial charge in [-0.2, -0.15) is 13.2 Å². The number of alkyl halides is 3. The van der Waals surface area contributed by atoms with Gasteiger partial charge in [-0.15, -0.1) is 35.3 Å². The van der Waals surface area contributed by atoms with Crippen molar-refractivity contribution in [1.29, 1.82) is 0 Å². The molecule has 20 heavy (non-hydrogen) atoms. The van der Waals surface area contributed by atoms with E-state index in [0.29, 0.717) is 17.0 Å². The SMILES string of the molecule is CN=C(NCc1nc(C(F)(F)F)cs1)NC1CCC1.I. The summed E-state index contributed by atoms with van der Waals surface area (Å²) in [5.41, 5.74) is -0.837. The molecule has 0 bridgehead atoms. The molecule has 0 amide bonds.